The fraction of sp³-hybridized carbons (Fsp3) is 0.158. The SMILES string of the molecule is O=C(NCCc1nnc(NC(=O)c2ccc3c(c2)OCO3)s1)c1cccc(Br)c1. The third-order valence-corrected chi connectivity index (χ3v) is 5.43. The molecule has 0 saturated carbocycles. The van der Waals surface area contributed by atoms with E-state index in [1.807, 2.05) is 6.07 Å². The van der Waals surface area contributed by atoms with E-state index in [9.17, 15) is 9.59 Å². The number of hydrogen-bond acceptors (Lipinski definition) is 7. The Bertz CT molecular complexity index is 1070. The minimum absolute atomic E-state index is 0.151. The van der Waals surface area contributed by atoms with Crippen LogP contribution in [-0.4, -0.2) is 35.3 Å². The zero-order valence-electron chi connectivity index (χ0n) is 15.0. The van der Waals surface area contributed by atoms with Gasteiger partial charge in [-0.1, -0.05) is 33.3 Å². The van der Waals surface area contributed by atoms with Crippen molar-refractivity contribution < 1.29 is 19.1 Å². The van der Waals surface area contributed by atoms with E-state index in [2.05, 4.69) is 36.8 Å². The van der Waals surface area contributed by atoms with E-state index >= 15 is 0 Å². The Kier molecular flexibility index (Phi) is 5.72. The predicted molar refractivity (Wildman–Crippen MR) is 111 cm³/mol. The van der Waals surface area contributed by atoms with Gasteiger partial charge >= 0.3 is 0 Å². The molecule has 2 amide bonds. The smallest absolute Gasteiger partial charge is 0.257 e. The summed E-state index contributed by atoms with van der Waals surface area (Å²) in [6.07, 6.45) is 0.511. The summed E-state index contributed by atoms with van der Waals surface area (Å²) in [6, 6.07) is 12.1. The summed E-state index contributed by atoms with van der Waals surface area (Å²) in [6.45, 7) is 0.564. The van der Waals surface area contributed by atoms with Crippen LogP contribution in [0.4, 0.5) is 5.13 Å². The van der Waals surface area contributed by atoms with E-state index < -0.39 is 0 Å². The first-order chi connectivity index (χ1) is 14.1. The fourth-order valence-corrected chi connectivity index (χ4v) is 3.76. The van der Waals surface area contributed by atoms with Gasteiger partial charge in [-0.2, -0.15) is 0 Å². The average molecular weight is 475 g/mol. The second-order valence-electron chi connectivity index (χ2n) is 6.04. The zero-order valence-corrected chi connectivity index (χ0v) is 17.4. The molecule has 0 saturated heterocycles. The number of anilines is 1. The summed E-state index contributed by atoms with van der Waals surface area (Å²) >= 11 is 4.61. The van der Waals surface area contributed by atoms with Crippen molar-refractivity contribution in [2.45, 2.75) is 6.42 Å². The molecule has 10 heteroatoms. The zero-order chi connectivity index (χ0) is 20.2. The van der Waals surface area contributed by atoms with Gasteiger partial charge < -0.3 is 14.8 Å². The number of carbonyl (C=O) groups is 2. The number of ether oxygens (including phenoxy) is 2. The van der Waals surface area contributed by atoms with Crippen LogP contribution in [0.3, 0.4) is 0 Å². The van der Waals surface area contributed by atoms with Gasteiger partial charge in [0.25, 0.3) is 11.8 Å². The average Bonchev–Trinajstić information content (AvgIpc) is 3.36. The van der Waals surface area contributed by atoms with Crippen LogP contribution in [0.2, 0.25) is 0 Å². The topological polar surface area (TPSA) is 102 Å². The maximum Gasteiger partial charge on any atom is 0.257 e. The van der Waals surface area contributed by atoms with Gasteiger partial charge in [0.15, 0.2) is 11.5 Å². The number of amides is 2. The van der Waals surface area contributed by atoms with Crippen LogP contribution >= 0.6 is 27.3 Å². The molecule has 0 aliphatic carbocycles. The van der Waals surface area contributed by atoms with E-state index in [0.717, 1.165) is 4.47 Å². The molecule has 0 atom stereocenters. The van der Waals surface area contributed by atoms with Crippen molar-refractivity contribution in [3.8, 4) is 11.5 Å². The molecule has 2 aromatic carbocycles. The number of carbonyl (C=O) groups excluding carboxylic acids is 2. The summed E-state index contributed by atoms with van der Waals surface area (Å²) < 4.78 is 11.4. The molecule has 4 rings (SSSR count). The number of aromatic nitrogens is 2. The standard InChI is InChI=1S/C19H15BrN4O4S/c20-13-3-1-2-11(8-13)17(25)21-7-6-16-23-24-19(29-16)22-18(26)12-4-5-14-15(9-12)28-10-27-14/h1-5,8-9H,6-7,10H2,(H,21,25)(H,22,24,26). The van der Waals surface area contributed by atoms with Crippen molar-refractivity contribution in [1.82, 2.24) is 15.5 Å². The maximum absolute atomic E-state index is 12.4. The number of benzene rings is 2. The monoisotopic (exact) mass is 474 g/mol. The molecule has 0 bridgehead atoms. The minimum atomic E-state index is -0.311. The molecule has 1 aliphatic heterocycles. The van der Waals surface area contributed by atoms with Crippen LogP contribution in [0.5, 0.6) is 11.5 Å². The second kappa shape index (κ2) is 8.58. The molecule has 1 aliphatic rings. The van der Waals surface area contributed by atoms with E-state index in [1.54, 1.807) is 36.4 Å². The number of fused-ring (bicyclic) bond motifs is 1. The number of rotatable bonds is 6. The van der Waals surface area contributed by atoms with Crippen LogP contribution in [0, 0.1) is 0 Å². The van der Waals surface area contributed by atoms with E-state index in [1.165, 1.54) is 11.3 Å². The third-order valence-electron chi connectivity index (χ3n) is 4.03. The first kappa shape index (κ1) is 19.3. The van der Waals surface area contributed by atoms with Gasteiger partial charge in [0.1, 0.15) is 5.01 Å². The van der Waals surface area contributed by atoms with Crippen molar-refractivity contribution >= 4 is 44.2 Å². The van der Waals surface area contributed by atoms with Crippen molar-refractivity contribution in [2.75, 3.05) is 18.7 Å². The number of halogens is 1. The third kappa shape index (κ3) is 4.72. The van der Waals surface area contributed by atoms with Crippen LogP contribution in [-0.2, 0) is 6.42 Å². The van der Waals surface area contributed by atoms with Gasteiger partial charge in [0.05, 0.1) is 0 Å². The van der Waals surface area contributed by atoms with Gasteiger partial charge in [-0.15, -0.1) is 10.2 Å². The summed E-state index contributed by atoms with van der Waals surface area (Å²) in [5.41, 5.74) is 1.01. The molecule has 0 spiro atoms. The van der Waals surface area contributed by atoms with Gasteiger partial charge in [0.2, 0.25) is 11.9 Å². The van der Waals surface area contributed by atoms with Crippen LogP contribution in [0.1, 0.15) is 25.7 Å². The summed E-state index contributed by atoms with van der Waals surface area (Å²) in [4.78, 5) is 24.5. The second-order valence-corrected chi connectivity index (χ2v) is 8.02. The molecular weight excluding hydrogens is 460 g/mol. The Morgan fingerprint density at radius 2 is 1.86 bits per heavy atom. The van der Waals surface area contributed by atoms with Gasteiger partial charge in [-0.3, -0.25) is 14.9 Å². The Morgan fingerprint density at radius 1 is 1.03 bits per heavy atom. The lowest BCUT2D eigenvalue weighted by atomic mass is 10.2. The molecule has 3 aromatic rings. The summed E-state index contributed by atoms with van der Waals surface area (Å²) in [5.74, 6) is 0.683. The quantitative estimate of drug-likeness (QED) is 0.568. The van der Waals surface area contributed by atoms with E-state index in [4.69, 9.17) is 9.47 Å². The number of nitrogens with zero attached hydrogens (tertiary/aromatic N) is 2. The first-order valence-electron chi connectivity index (χ1n) is 8.65. The lowest BCUT2D eigenvalue weighted by molar-refractivity contribution is 0.0953. The van der Waals surface area contributed by atoms with Crippen molar-refractivity contribution in [3.63, 3.8) is 0 Å². The highest BCUT2D eigenvalue weighted by Gasteiger charge is 2.17. The van der Waals surface area contributed by atoms with Crippen molar-refractivity contribution in [2.24, 2.45) is 0 Å². The molecule has 0 unspecified atom stereocenters. The molecular formula is C19H15BrN4O4S. The Hall–Kier alpha value is -2.98. The Morgan fingerprint density at radius 3 is 2.72 bits per heavy atom. The molecule has 1 aromatic heterocycles. The lowest BCUT2D eigenvalue weighted by Gasteiger charge is -2.04. The molecule has 8 nitrogen and oxygen atoms in total. The van der Waals surface area contributed by atoms with Crippen LogP contribution in [0.15, 0.2) is 46.9 Å². The van der Waals surface area contributed by atoms with E-state index in [-0.39, 0.29) is 18.6 Å². The van der Waals surface area contributed by atoms with Crippen molar-refractivity contribution in [1.29, 1.82) is 0 Å². The maximum atomic E-state index is 12.4. The minimum Gasteiger partial charge on any atom is -0.454 e. The lowest BCUT2D eigenvalue weighted by Crippen LogP contribution is -2.25. The highest BCUT2D eigenvalue weighted by molar-refractivity contribution is 9.10. The summed E-state index contributed by atoms with van der Waals surface area (Å²) in [7, 11) is 0. The first-order valence-corrected chi connectivity index (χ1v) is 10.3. The molecule has 148 valence electrons. The fourth-order valence-electron chi connectivity index (χ4n) is 2.63. The summed E-state index contributed by atoms with van der Waals surface area (Å²) in [5, 5.41) is 14.7. The molecule has 29 heavy (non-hydrogen) atoms. The van der Waals surface area contributed by atoms with Crippen molar-refractivity contribution in [3.05, 3.63) is 63.1 Å². The van der Waals surface area contributed by atoms with E-state index in [0.29, 0.717) is 45.7 Å². The van der Waals surface area contributed by atoms with Gasteiger partial charge in [-0.25, -0.2) is 0 Å². The van der Waals surface area contributed by atoms with Crippen LogP contribution in [0.25, 0.3) is 0 Å². The molecule has 0 radical (unpaired) electrons. The molecule has 2 N–H and O–H groups in total. The Balaban J connectivity index is 1.29. The number of hydrogen-bond donors (Lipinski definition) is 2. The normalized spacial score (nSPS) is 11.9. The highest BCUT2D eigenvalue weighted by Crippen LogP contribution is 2.32. The largest absolute Gasteiger partial charge is 0.454 e. The van der Waals surface area contributed by atoms with Crippen LogP contribution < -0.4 is 20.1 Å². The highest BCUT2D eigenvalue weighted by atomic mass is 79.9. The molecule has 0 fully saturated rings. The van der Waals surface area contributed by atoms with Gasteiger partial charge in [-0.05, 0) is 36.4 Å². The van der Waals surface area contributed by atoms with Gasteiger partial charge in [0, 0.05) is 28.6 Å². The molecule has 2 heterocycles. The predicted octanol–water partition coefficient (Wildman–Crippen LogP) is 3.25. The Labute approximate surface area is 178 Å². The number of nitrogens with one attached hydrogen (secondary N) is 2.